The quantitative estimate of drug-likeness (QED) is 0.256. The van der Waals surface area contributed by atoms with Crippen LogP contribution in [0.4, 0.5) is 0 Å². The van der Waals surface area contributed by atoms with Crippen LogP contribution in [0.5, 0.6) is 0 Å². The molecule has 3 N–H and O–H groups in total. The van der Waals surface area contributed by atoms with Crippen LogP contribution in [0.25, 0.3) is 0 Å². The average molecular weight is 254 g/mol. The summed E-state index contributed by atoms with van der Waals surface area (Å²) in [4.78, 5) is 3.93. The first-order valence-electron chi connectivity index (χ1n) is 4.70. The van der Waals surface area contributed by atoms with E-state index in [-0.39, 0.29) is 11.5 Å². The van der Waals surface area contributed by atoms with Gasteiger partial charge < -0.3 is 15.5 Å². The Kier molecular flexibility index (Phi) is 3.60. The normalized spacial score (nSPS) is 11.9. The lowest BCUT2D eigenvalue weighted by Crippen LogP contribution is -2.14. The summed E-state index contributed by atoms with van der Waals surface area (Å²) >= 11 is 1.41. The second-order valence-corrected chi connectivity index (χ2v) is 4.14. The highest BCUT2D eigenvalue weighted by Gasteiger charge is 2.14. The number of nitrogens with two attached hydrogens (primary N) is 1. The molecule has 0 aromatic carbocycles. The Morgan fingerprint density at radius 1 is 1.59 bits per heavy atom. The van der Waals surface area contributed by atoms with Crippen LogP contribution in [0.15, 0.2) is 33.5 Å². The highest BCUT2D eigenvalue weighted by molar-refractivity contribution is 7.99. The number of aryl methyl sites for hydroxylation is 1. The number of aromatic nitrogens is 4. The molecule has 0 aliphatic carbocycles. The Morgan fingerprint density at radius 3 is 3.18 bits per heavy atom. The topological polar surface area (TPSA) is 115 Å². The van der Waals surface area contributed by atoms with Gasteiger partial charge in [0.1, 0.15) is 0 Å². The minimum absolute atomic E-state index is 0.114. The molecule has 2 aromatic heterocycles. The summed E-state index contributed by atoms with van der Waals surface area (Å²) in [6, 6.07) is 0. The average Bonchev–Trinajstić information content (AvgIpc) is 2.99. The first-order valence-corrected chi connectivity index (χ1v) is 5.69. The molecule has 8 nitrogen and oxygen atoms in total. The Bertz CT molecular complexity index is 494. The van der Waals surface area contributed by atoms with Gasteiger partial charge in [-0.05, 0) is 10.3 Å². The monoisotopic (exact) mass is 254 g/mol. The van der Waals surface area contributed by atoms with Crippen LogP contribution in [0.1, 0.15) is 5.69 Å². The number of rotatable bonds is 5. The molecular formula is C8H10N6O2S. The highest BCUT2D eigenvalue weighted by atomic mass is 32.2. The molecule has 0 saturated heterocycles. The fraction of sp³-hybridized carbons (Fsp3) is 0.250. The van der Waals surface area contributed by atoms with E-state index in [1.165, 1.54) is 11.8 Å². The van der Waals surface area contributed by atoms with Gasteiger partial charge in [0.05, 0.1) is 6.33 Å². The molecule has 0 atom stereocenters. The van der Waals surface area contributed by atoms with Crippen LogP contribution in [0.3, 0.4) is 0 Å². The number of hydrogen-bond acceptors (Lipinski definition) is 7. The lowest BCUT2D eigenvalue weighted by Gasteiger charge is -2.00. The summed E-state index contributed by atoms with van der Waals surface area (Å²) in [5, 5.41) is 19.1. The van der Waals surface area contributed by atoms with Gasteiger partial charge in [-0.25, -0.2) is 9.61 Å². The third-order valence-electron chi connectivity index (χ3n) is 1.96. The van der Waals surface area contributed by atoms with Crippen LogP contribution in [-0.2, 0) is 6.54 Å². The van der Waals surface area contributed by atoms with Crippen LogP contribution in [0, 0.1) is 0 Å². The summed E-state index contributed by atoms with van der Waals surface area (Å²) in [6.45, 7) is 0.771. The molecule has 9 heteroatoms. The van der Waals surface area contributed by atoms with Gasteiger partial charge >= 0.3 is 0 Å². The molecular weight excluding hydrogens is 244 g/mol. The molecule has 0 aliphatic rings. The van der Waals surface area contributed by atoms with Crippen molar-refractivity contribution in [3.05, 3.63) is 24.4 Å². The van der Waals surface area contributed by atoms with Crippen LogP contribution < -0.4 is 5.73 Å². The van der Waals surface area contributed by atoms with Crippen molar-refractivity contribution in [3.63, 3.8) is 0 Å². The summed E-state index contributed by atoms with van der Waals surface area (Å²) in [5.41, 5.74) is 5.67. The van der Waals surface area contributed by atoms with E-state index in [0.717, 1.165) is 12.3 Å². The summed E-state index contributed by atoms with van der Waals surface area (Å²) < 4.78 is 6.48. The molecule has 90 valence electrons. The number of amidine groups is 1. The Morgan fingerprint density at radius 2 is 2.47 bits per heavy atom. The number of oxime groups is 1. The number of nitrogens with zero attached hydrogens (tertiary/aromatic N) is 5. The van der Waals surface area contributed by atoms with E-state index in [1.54, 1.807) is 12.5 Å². The Labute approximate surface area is 100 Å². The standard InChI is InChI=1S/C8H10N6O2S/c9-7(11-15)6-8(13-16-12-6)17-4-3-14-2-1-10-5-14/h1-2,5,15H,3-4H2,(H2,9,11). The van der Waals surface area contributed by atoms with E-state index in [9.17, 15) is 0 Å². The van der Waals surface area contributed by atoms with Crippen molar-refractivity contribution in [2.45, 2.75) is 11.6 Å². The Balaban J connectivity index is 1.93. The van der Waals surface area contributed by atoms with E-state index in [1.807, 2.05) is 10.8 Å². The molecule has 0 saturated carbocycles. The van der Waals surface area contributed by atoms with Gasteiger partial charge in [0.15, 0.2) is 16.6 Å². The first kappa shape index (κ1) is 11.5. The number of hydrogen-bond donors (Lipinski definition) is 2. The fourth-order valence-corrected chi connectivity index (χ4v) is 2.01. The SMILES string of the molecule is N/C(=N\O)c1nonc1SCCn1ccnc1. The van der Waals surface area contributed by atoms with Crippen LogP contribution in [-0.4, -0.2) is 36.7 Å². The van der Waals surface area contributed by atoms with Gasteiger partial charge in [-0.3, -0.25) is 0 Å². The van der Waals surface area contributed by atoms with E-state index in [2.05, 4.69) is 25.1 Å². The van der Waals surface area contributed by atoms with E-state index in [4.69, 9.17) is 10.9 Å². The van der Waals surface area contributed by atoms with Crippen molar-refractivity contribution in [2.24, 2.45) is 10.9 Å². The van der Waals surface area contributed by atoms with Gasteiger partial charge in [-0.15, -0.1) is 0 Å². The van der Waals surface area contributed by atoms with Gasteiger partial charge in [0, 0.05) is 24.7 Å². The largest absolute Gasteiger partial charge is 0.409 e. The minimum atomic E-state index is -0.114. The third kappa shape index (κ3) is 2.75. The number of thioether (sulfide) groups is 1. The molecule has 0 amide bonds. The smallest absolute Gasteiger partial charge is 0.195 e. The molecule has 17 heavy (non-hydrogen) atoms. The third-order valence-corrected chi connectivity index (χ3v) is 2.88. The predicted octanol–water partition coefficient (Wildman–Crippen LogP) is 0.153. The summed E-state index contributed by atoms with van der Waals surface area (Å²) in [6.07, 6.45) is 5.31. The van der Waals surface area contributed by atoms with Gasteiger partial charge in [-0.2, -0.15) is 0 Å². The van der Waals surface area contributed by atoms with Crippen molar-refractivity contribution in [1.29, 1.82) is 0 Å². The van der Waals surface area contributed by atoms with Gasteiger partial charge in [0.2, 0.25) is 0 Å². The fourth-order valence-electron chi connectivity index (χ4n) is 1.15. The van der Waals surface area contributed by atoms with Gasteiger partial charge in [-0.1, -0.05) is 16.9 Å². The summed E-state index contributed by atoms with van der Waals surface area (Å²) in [7, 11) is 0. The van der Waals surface area contributed by atoms with E-state index < -0.39 is 0 Å². The van der Waals surface area contributed by atoms with Crippen LogP contribution in [0.2, 0.25) is 0 Å². The lowest BCUT2D eigenvalue weighted by molar-refractivity contribution is 0.296. The first-order chi connectivity index (χ1) is 8.31. The second kappa shape index (κ2) is 5.34. The van der Waals surface area contributed by atoms with Crippen molar-refractivity contribution in [2.75, 3.05) is 5.75 Å². The van der Waals surface area contributed by atoms with E-state index >= 15 is 0 Å². The van der Waals surface area contributed by atoms with Crippen molar-refractivity contribution in [1.82, 2.24) is 19.9 Å². The van der Waals surface area contributed by atoms with E-state index in [0.29, 0.717) is 5.03 Å². The zero-order valence-corrected chi connectivity index (χ0v) is 9.54. The zero-order chi connectivity index (χ0) is 12.1. The maximum Gasteiger partial charge on any atom is 0.195 e. The molecule has 2 aromatic rings. The van der Waals surface area contributed by atoms with Crippen molar-refractivity contribution >= 4 is 17.6 Å². The Hall–Kier alpha value is -2.03. The zero-order valence-electron chi connectivity index (χ0n) is 8.72. The second-order valence-electron chi connectivity index (χ2n) is 3.05. The maximum atomic E-state index is 8.54. The van der Waals surface area contributed by atoms with Gasteiger partial charge in [0.25, 0.3) is 0 Å². The summed E-state index contributed by atoms with van der Waals surface area (Å²) in [5.74, 6) is 0.632. The van der Waals surface area contributed by atoms with Crippen molar-refractivity contribution in [3.8, 4) is 0 Å². The molecule has 0 spiro atoms. The molecule has 0 bridgehead atoms. The maximum absolute atomic E-state index is 8.54. The molecule has 0 unspecified atom stereocenters. The van der Waals surface area contributed by atoms with Crippen LogP contribution >= 0.6 is 11.8 Å². The lowest BCUT2D eigenvalue weighted by atomic mass is 10.4. The molecule has 2 heterocycles. The molecule has 0 radical (unpaired) electrons. The predicted molar refractivity (Wildman–Crippen MR) is 59.8 cm³/mol. The molecule has 0 fully saturated rings. The number of imidazole rings is 1. The highest BCUT2D eigenvalue weighted by Crippen LogP contribution is 2.18. The molecule has 0 aliphatic heterocycles. The molecule has 2 rings (SSSR count). The van der Waals surface area contributed by atoms with Crippen molar-refractivity contribution < 1.29 is 9.84 Å². The minimum Gasteiger partial charge on any atom is -0.409 e.